The Kier molecular flexibility index (Phi) is 3.28. The van der Waals surface area contributed by atoms with Gasteiger partial charge in [0.15, 0.2) is 0 Å². The molecule has 2 N–H and O–H groups in total. The summed E-state index contributed by atoms with van der Waals surface area (Å²) in [6.45, 7) is 2.01. The van der Waals surface area contributed by atoms with Crippen molar-refractivity contribution in [2.24, 2.45) is 12.8 Å². The lowest BCUT2D eigenvalue weighted by atomic mass is 9.99. The van der Waals surface area contributed by atoms with Gasteiger partial charge < -0.3 is 5.73 Å². The van der Waals surface area contributed by atoms with E-state index in [1.807, 2.05) is 18.7 Å². The van der Waals surface area contributed by atoms with Gasteiger partial charge in [-0.25, -0.2) is 0 Å². The third-order valence-electron chi connectivity index (χ3n) is 3.73. The van der Waals surface area contributed by atoms with Crippen LogP contribution in [0.25, 0.3) is 10.8 Å². The fraction of sp³-hybridized carbons (Fsp3) is 0.235. The normalized spacial score (nSPS) is 12.8. The minimum atomic E-state index is -0.00518. The van der Waals surface area contributed by atoms with Gasteiger partial charge in [-0.15, -0.1) is 0 Å². The largest absolute Gasteiger partial charge is 0.324 e. The summed E-state index contributed by atoms with van der Waals surface area (Å²) < 4.78 is 1.91. The summed E-state index contributed by atoms with van der Waals surface area (Å²) in [5.41, 5.74) is 9.73. The second kappa shape index (κ2) is 5.10. The monoisotopic (exact) mass is 265 g/mol. The lowest BCUT2D eigenvalue weighted by Gasteiger charge is -2.13. The molecule has 1 heterocycles. The standard InChI is InChI=1S/C17H19N3/c1-12-9-16(20(2)19-12)11-17(18)15-8-7-13-5-3-4-6-14(13)10-15/h3-10,17H,11,18H2,1-2H3. The first-order chi connectivity index (χ1) is 9.63. The van der Waals surface area contributed by atoms with E-state index in [2.05, 4.69) is 53.6 Å². The molecule has 102 valence electrons. The summed E-state index contributed by atoms with van der Waals surface area (Å²) in [5, 5.41) is 6.86. The summed E-state index contributed by atoms with van der Waals surface area (Å²) in [7, 11) is 1.97. The van der Waals surface area contributed by atoms with E-state index in [0.717, 1.165) is 12.1 Å². The highest BCUT2D eigenvalue weighted by atomic mass is 15.3. The van der Waals surface area contributed by atoms with Crippen molar-refractivity contribution in [2.45, 2.75) is 19.4 Å². The summed E-state index contributed by atoms with van der Waals surface area (Å²) >= 11 is 0. The van der Waals surface area contributed by atoms with Gasteiger partial charge in [0.05, 0.1) is 5.69 Å². The second-order valence-electron chi connectivity index (χ2n) is 5.32. The van der Waals surface area contributed by atoms with Crippen LogP contribution < -0.4 is 5.73 Å². The molecule has 3 aromatic rings. The zero-order chi connectivity index (χ0) is 14.1. The summed E-state index contributed by atoms with van der Waals surface area (Å²) in [4.78, 5) is 0. The van der Waals surface area contributed by atoms with Crippen molar-refractivity contribution in [1.29, 1.82) is 0 Å². The molecule has 0 radical (unpaired) electrons. The Hall–Kier alpha value is -2.13. The van der Waals surface area contributed by atoms with Gasteiger partial charge in [-0.3, -0.25) is 4.68 Å². The molecule has 1 unspecified atom stereocenters. The number of nitrogens with zero attached hydrogens (tertiary/aromatic N) is 2. The molecule has 0 aliphatic rings. The van der Waals surface area contributed by atoms with E-state index in [-0.39, 0.29) is 6.04 Å². The van der Waals surface area contributed by atoms with Gasteiger partial charge in [0.25, 0.3) is 0 Å². The number of fused-ring (bicyclic) bond motifs is 1. The molecule has 1 atom stereocenters. The van der Waals surface area contributed by atoms with Crippen molar-refractivity contribution in [3.8, 4) is 0 Å². The van der Waals surface area contributed by atoms with Gasteiger partial charge in [-0.2, -0.15) is 5.10 Å². The Morgan fingerprint density at radius 2 is 1.85 bits per heavy atom. The van der Waals surface area contributed by atoms with E-state index < -0.39 is 0 Å². The Morgan fingerprint density at radius 3 is 2.55 bits per heavy atom. The molecule has 0 aliphatic heterocycles. The van der Waals surface area contributed by atoms with Gasteiger partial charge in [0.2, 0.25) is 0 Å². The highest BCUT2D eigenvalue weighted by Crippen LogP contribution is 2.21. The van der Waals surface area contributed by atoms with Crippen molar-refractivity contribution in [2.75, 3.05) is 0 Å². The molecule has 0 aliphatic carbocycles. The van der Waals surface area contributed by atoms with E-state index in [0.29, 0.717) is 0 Å². The highest BCUT2D eigenvalue weighted by Gasteiger charge is 2.11. The van der Waals surface area contributed by atoms with E-state index in [1.165, 1.54) is 22.0 Å². The zero-order valence-corrected chi connectivity index (χ0v) is 11.9. The average molecular weight is 265 g/mol. The minimum Gasteiger partial charge on any atom is -0.324 e. The van der Waals surface area contributed by atoms with Gasteiger partial charge in [-0.05, 0) is 35.4 Å². The van der Waals surface area contributed by atoms with Crippen LogP contribution in [0.2, 0.25) is 0 Å². The number of nitrogens with two attached hydrogens (primary N) is 1. The summed E-state index contributed by atoms with van der Waals surface area (Å²) in [6.07, 6.45) is 0.801. The van der Waals surface area contributed by atoms with Crippen LogP contribution >= 0.6 is 0 Å². The number of aryl methyl sites for hydroxylation is 2. The van der Waals surface area contributed by atoms with Crippen molar-refractivity contribution in [1.82, 2.24) is 9.78 Å². The summed E-state index contributed by atoms with van der Waals surface area (Å²) in [5.74, 6) is 0. The molecule has 0 fully saturated rings. The molecule has 0 saturated carbocycles. The van der Waals surface area contributed by atoms with E-state index in [4.69, 9.17) is 5.73 Å². The van der Waals surface area contributed by atoms with Crippen LogP contribution in [0.4, 0.5) is 0 Å². The van der Waals surface area contributed by atoms with Crippen LogP contribution in [0.1, 0.15) is 23.0 Å². The van der Waals surface area contributed by atoms with E-state index in [1.54, 1.807) is 0 Å². The fourth-order valence-electron chi connectivity index (χ4n) is 2.64. The summed E-state index contributed by atoms with van der Waals surface area (Å²) in [6, 6.07) is 16.9. The first-order valence-electron chi connectivity index (χ1n) is 6.87. The smallest absolute Gasteiger partial charge is 0.0596 e. The van der Waals surface area contributed by atoms with Crippen LogP contribution in [-0.4, -0.2) is 9.78 Å². The number of hydrogen-bond acceptors (Lipinski definition) is 2. The van der Waals surface area contributed by atoms with Crippen LogP contribution in [0, 0.1) is 6.92 Å². The number of hydrogen-bond donors (Lipinski definition) is 1. The third-order valence-corrected chi connectivity index (χ3v) is 3.73. The maximum absolute atomic E-state index is 6.36. The van der Waals surface area contributed by atoms with Crippen LogP contribution in [0.5, 0.6) is 0 Å². The molecular weight excluding hydrogens is 246 g/mol. The molecule has 0 spiro atoms. The molecule has 3 rings (SSSR count). The molecule has 3 heteroatoms. The molecule has 0 saturated heterocycles. The number of benzene rings is 2. The molecule has 1 aromatic heterocycles. The molecular formula is C17H19N3. The van der Waals surface area contributed by atoms with Gasteiger partial charge in [-0.1, -0.05) is 36.4 Å². The zero-order valence-electron chi connectivity index (χ0n) is 11.9. The average Bonchev–Trinajstić information content (AvgIpc) is 2.76. The van der Waals surface area contributed by atoms with Crippen molar-refractivity contribution in [3.05, 3.63) is 65.5 Å². The van der Waals surface area contributed by atoms with E-state index in [9.17, 15) is 0 Å². The lowest BCUT2D eigenvalue weighted by molar-refractivity contribution is 0.640. The molecule has 3 nitrogen and oxygen atoms in total. The van der Waals surface area contributed by atoms with Crippen LogP contribution in [-0.2, 0) is 13.5 Å². The lowest BCUT2D eigenvalue weighted by Crippen LogP contribution is -2.15. The van der Waals surface area contributed by atoms with Crippen LogP contribution in [0.3, 0.4) is 0 Å². The SMILES string of the molecule is Cc1cc(CC(N)c2ccc3ccccc3c2)n(C)n1. The minimum absolute atomic E-state index is 0.00518. The van der Waals surface area contributed by atoms with Crippen molar-refractivity contribution >= 4 is 10.8 Å². The van der Waals surface area contributed by atoms with Crippen molar-refractivity contribution in [3.63, 3.8) is 0 Å². The predicted octanol–water partition coefficient (Wildman–Crippen LogP) is 3.12. The molecule has 20 heavy (non-hydrogen) atoms. The topological polar surface area (TPSA) is 43.8 Å². The predicted molar refractivity (Wildman–Crippen MR) is 82.5 cm³/mol. The highest BCUT2D eigenvalue weighted by molar-refractivity contribution is 5.83. The Balaban J connectivity index is 1.88. The second-order valence-corrected chi connectivity index (χ2v) is 5.32. The van der Waals surface area contributed by atoms with E-state index >= 15 is 0 Å². The maximum atomic E-state index is 6.36. The first kappa shape index (κ1) is 12.9. The molecule has 2 aromatic carbocycles. The number of rotatable bonds is 3. The Bertz CT molecular complexity index is 743. The maximum Gasteiger partial charge on any atom is 0.0596 e. The van der Waals surface area contributed by atoms with Gasteiger partial charge in [0.1, 0.15) is 0 Å². The quantitative estimate of drug-likeness (QED) is 0.790. The number of aromatic nitrogens is 2. The van der Waals surface area contributed by atoms with Crippen molar-refractivity contribution < 1.29 is 0 Å². The van der Waals surface area contributed by atoms with Crippen LogP contribution in [0.15, 0.2) is 48.5 Å². The molecule has 0 amide bonds. The Morgan fingerprint density at radius 1 is 1.10 bits per heavy atom. The molecule has 0 bridgehead atoms. The first-order valence-corrected chi connectivity index (χ1v) is 6.87. The van der Waals surface area contributed by atoms with Gasteiger partial charge >= 0.3 is 0 Å². The third kappa shape index (κ3) is 2.45. The Labute approximate surface area is 119 Å². The fourth-order valence-corrected chi connectivity index (χ4v) is 2.64. The van der Waals surface area contributed by atoms with Gasteiger partial charge in [0, 0.05) is 25.2 Å².